The molecule has 2 heterocycles. The molecule has 2 N–H and O–H groups in total. The number of aromatic amines is 1. The molecule has 0 spiro atoms. The summed E-state index contributed by atoms with van der Waals surface area (Å²) in [7, 11) is 0. The van der Waals surface area contributed by atoms with E-state index in [1.807, 2.05) is 0 Å². The van der Waals surface area contributed by atoms with Gasteiger partial charge in [-0.25, -0.2) is 4.98 Å². The lowest BCUT2D eigenvalue weighted by atomic mass is 9.72. The molecule has 1 aliphatic carbocycles. The first-order chi connectivity index (χ1) is 13.1. The molecule has 0 aliphatic heterocycles. The van der Waals surface area contributed by atoms with Crippen molar-refractivity contribution in [2.45, 2.75) is 73.1 Å². The number of hydrogen-bond donors (Lipinski definition) is 2. The van der Waals surface area contributed by atoms with Crippen molar-refractivity contribution >= 4 is 27.5 Å². The molecule has 1 aliphatic rings. The van der Waals surface area contributed by atoms with Gasteiger partial charge in [-0.15, -0.1) is 11.3 Å². The molecule has 6 heteroatoms. The molecule has 0 bridgehead atoms. The summed E-state index contributed by atoms with van der Waals surface area (Å²) < 4.78 is 0. The molecule has 1 amide bonds. The van der Waals surface area contributed by atoms with Gasteiger partial charge in [-0.1, -0.05) is 34.6 Å². The molecule has 28 heavy (non-hydrogen) atoms. The third kappa shape index (κ3) is 4.83. The third-order valence-corrected chi connectivity index (χ3v) is 6.97. The van der Waals surface area contributed by atoms with Crippen LogP contribution in [-0.2, 0) is 24.1 Å². The van der Waals surface area contributed by atoms with Crippen molar-refractivity contribution in [2.75, 3.05) is 6.54 Å². The lowest BCUT2D eigenvalue weighted by Crippen LogP contribution is -2.26. The quantitative estimate of drug-likeness (QED) is 0.758. The summed E-state index contributed by atoms with van der Waals surface area (Å²) in [6, 6.07) is 0. The molecule has 0 saturated heterocycles. The van der Waals surface area contributed by atoms with Gasteiger partial charge in [0, 0.05) is 24.3 Å². The minimum atomic E-state index is -0.0491. The lowest BCUT2D eigenvalue weighted by molar-refractivity contribution is -0.121. The first-order valence-corrected chi connectivity index (χ1v) is 11.3. The van der Waals surface area contributed by atoms with Gasteiger partial charge in [0.05, 0.1) is 5.39 Å². The average molecular weight is 404 g/mol. The van der Waals surface area contributed by atoms with Crippen LogP contribution in [0.2, 0.25) is 0 Å². The zero-order valence-corrected chi connectivity index (χ0v) is 18.6. The monoisotopic (exact) mass is 403 g/mol. The first-order valence-electron chi connectivity index (χ1n) is 10.4. The van der Waals surface area contributed by atoms with Gasteiger partial charge in [0.1, 0.15) is 10.7 Å². The number of carbonyl (C=O) groups excluding carboxylic acids is 1. The Bertz CT molecular complexity index is 905. The van der Waals surface area contributed by atoms with Crippen LogP contribution in [0.15, 0.2) is 4.79 Å². The van der Waals surface area contributed by atoms with Gasteiger partial charge in [-0.05, 0) is 48.5 Å². The molecule has 2 aromatic rings. The fourth-order valence-electron chi connectivity index (χ4n) is 3.91. The number of H-pyrrole nitrogens is 1. The third-order valence-electron chi connectivity index (χ3n) is 5.83. The highest BCUT2D eigenvalue weighted by Gasteiger charge is 2.31. The molecular weight excluding hydrogens is 370 g/mol. The first kappa shape index (κ1) is 21.0. The number of carbonyl (C=O) groups is 1. The molecule has 3 rings (SSSR count). The Morgan fingerprint density at radius 2 is 2.11 bits per heavy atom. The van der Waals surface area contributed by atoms with Crippen LogP contribution in [0.4, 0.5) is 0 Å². The Labute approximate surface area is 171 Å². The van der Waals surface area contributed by atoms with Crippen molar-refractivity contribution in [2.24, 2.45) is 17.3 Å². The molecule has 0 unspecified atom stereocenters. The number of nitrogens with one attached hydrogen (secondary N) is 2. The second-order valence-electron chi connectivity index (χ2n) is 9.53. The SMILES string of the molecule is CC(C)CCNC(=O)CCc1nc2sc3c(c2c(=O)[nH]1)CC[C@H](C(C)(C)C)C3. The molecule has 0 saturated carbocycles. The maximum atomic E-state index is 12.7. The Kier molecular flexibility index (Phi) is 6.28. The topological polar surface area (TPSA) is 74.8 Å². The second-order valence-corrected chi connectivity index (χ2v) is 10.6. The molecular formula is C22H33N3O2S. The summed E-state index contributed by atoms with van der Waals surface area (Å²) in [6.07, 6.45) is 4.91. The van der Waals surface area contributed by atoms with Gasteiger partial charge < -0.3 is 10.3 Å². The van der Waals surface area contributed by atoms with E-state index in [0.717, 1.165) is 35.9 Å². The summed E-state index contributed by atoms with van der Waals surface area (Å²) in [5.41, 5.74) is 1.43. The Morgan fingerprint density at radius 3 is 2.79 bits per heavy atom. The van der Waals surface area contributed by atoms with Gasteiger partial charge in [0.25, 0.3) is 5.56 Å². The highest BCUT2D eigenvalue weighted by molar-refractivity contribution is 7.18. The van der Waals surface area contributed by atoms with Gasteiger partial charge in [0.15, 0.2) is 0 Å². The van der Waals surface area contributed by atoms with E-state index in [0.29, 0.717) is 37.0 Å². The average Bonchev–Trinajstić information content (AvgIpc) is 2.96. The van der Waals surface area contributed by atoms with Crippen LogP contribution < -0.4 is 10.9 Å². The zero-order valence-electron chi connectivity index (χ0n) is 17.8. The number of nitrogens with zero attached hydrogens (tertiary/aromatic N) is 1. The van der Waals surface area contributed by atoms with Crippen molar-refractivity contribution in [1.82, 2.24) is 15.3 Å². The molecule has 154 valence electrons. The van der Waals surface area contributed by atoms with Crippen molar-refractivity contribution in [3.8, 4) is 0 Å². The fraction of sp³-hybridized carbons (Fsp3) is 0.682. The minimum absolute atomic E-state index is 0.0156. The molecule has 0 aromatic carbocycles. The number of hydrogen-bond acceptors (Lipinski definition) is 4. The van der Waals surface area contributed by atoms with Gasteiger partial charge in [0.2, 0.25) is 5.91 Å². The van der Waals surface area contributed by atoms with E-state index in [1.165, 1.54) is 10.4 Å². The summed E-state index contributed by atoms with van der Waals surface area (Å²) in [4.78, 5) is 34.5. The highest BCUT2D eigenvalue weighted by Crippen LogP contribution is 2.41. The van der Waals surface area contributed by atoms with E-state index < -0.39 is 0 Å². The number of rotatable bonds is 6. The largest absolute Gasteiger partial charge is 0.356 e. The summed E-state index contributed by atoms with van der Waals surface area (Å²) in [5, 5.41) is 3.71. The van der Waals surface area contributed by atoms with E-state index in [4.69, 9.17) is 4.98 Å². The van der Waals surface area contributed by atoms with Crippen LogP contribution >= 0.6 is 11.3 Å². The lowest BCUT2D eigenvalue weighted by Gasteiger charge is -2.33. The van der Waals surface area contributed by atoms with E-state index in [-0.39, 0.29) is 16.9 Å². The molecule has 0 radical (unpaired) electrons. The fourth-order valence-corrected chi connectivity index (χ4v) is 5.23. The molecule has 1 atom stereocenters. The Hall–Kier alpha value is -1.69. The molecule has 2 aromatic heterocycles. The number of amides is 1. The minimum Gasteiger partial charge on any atom is -0.356 e. The second kappa shape index (κ2) is 8.36. The van der Waals surface area contributed by atoms with Gasteiger partial charge in [-0.2, -0.15) is 0 Å². The van der Waals surface area contributed by atoms with Crippen LogP contribution in [0, 0.1) is 17.3 Å². The van der Waals surface area contributed by atoms with Crippen molar-refractivity contribution < 1.29 is 4.79 Å². The van der Waals surface area contributed by atoms with E-state index >= 15 is 0 Å². The van der Waals surface area contributed by atoms with Gasteiger partial charge >= 0.3 is 0 Å². The maximum Gasteiger partial charge on any atom is 0.259 e. The Morgan fingerprint density at radius 1 is 1.36 bits per heavy atom. The summed E-state index contributed by atoms with van der Waals surface area (Å²) >= 11 is 1.67. The van der Waals surface area contributed by atoms with Crippen LogP contribution in [0.5, 0.6) is 0 Å². The number of fused-ring (bicyclic) bond motifs is 3. The van der Waals surface area contributed by atoms with Crippen molar-refractivity contribution in [3.05, 3.63) is 26.6 Å². The van der Waals surface area contributed by atoms with Crippen molar-refractivity contribution in [1.29, 1.82) is 0 Å². The number of thiophene rings is 1. The summed E-state index contributed by atoms with van der Waals surface area (Å²) in [6.45, 7) is 11.9. The Balaban J connectivity index is 1.72. The van der Waals surface area contributed by atoms with Crippen LogP contribution in [0.25, 0.3) is 10.2 Å². The van der Waals surface area contributed by atoms with Crippen LogP contribution in [0.3, 0.4) is 0 Å². The maximum absolute atomic E-state index is 12.7. The van der Waals surface area contributed by atoms with Gasteiger partial charge in [-0.3, -0.25) is 9.59 Å². The van der Waals surface area contributed by atoms with Crippen LogP contribution in [-0.4, -0.2) is 22.4 Å². The van der Waals surface area contributed by atoms with Crippen molar-refractivity contribution in [3.63, 3.8) is 0 Å². The predicted molar refractivity (Wildman–Crippen MR) is 116 cm³/mol. The molecule has 5 nitrogen and oxygen atoms in total. The van der Waals surface area contributed by atoms with Crippen LogP contribution in [0.1, 0.15) is 70.1 Å². The van der Waals surface area contributed by atoms with E-state index in [2.05, 4.69) is 44.9 Å². The standard InChI is InChI=1S/C22H33N3O2S/c1-13(2)10-11-23-18(26)9-8-17-24-20(27)19-15-7-6-14(22(3,4)5)12-16(15)28-21(19)25-17/h13-14H,6-12H2,1-5H3,(H,23,26)(H,24,25,27)/t14-/m0/s1. The smallest absolute Gasteiger partial charge is 0.259 e. The van der Waals surface area contributed by atoms with E-state index in [9.17, 15) is 9.59 Å². The predicted octanol–water partition coefficient (Wildman–Crippen LogP) is 4.23. The molecule has 0 fully saturated rings. The zero-order chi connectivity index (χ0) is 20.5. The summed E-state index contributed by atoms with van der Waals surface area (Å²) in [5.74, 6) is 1.84. The number of aryl methyl sites for hydroxylation is 2. The van der Waals surface area contributed by atoms with E-state index in [1.54, 1.807) is 11.3 Å². The number of aromatic nitrogens is 2. The normalized spacial score (nSPS) is 17.1. The highest BCUT2D eigenvalue weighted by atomic mass is 32.1.